The van der Waals surface area contributed by atoms with E-state index in [0.29, 0.717) is 24.3 Å². The van der Waals surface area contributed by atoms with E-state index in [1.165, 1.54) is 6.07 Å². The summed E-state index contributed by atoms with van der Waals surface area (Å²) in [5, 5.41) is 19.3. The number of amides is 1. The zero-order chi connectivity index (χ0) is 14.3. The minimum atomic E-state index is -0.351. The number of benzene rings is 2. The number of hydrogen-bond acceptors (Lipinski definition) is 4. The van der Waals surface area contributed by atoms with Gasteiger partial charge in [0.1, 0.15) is 0 Å². The number of carbonyl (C=O) groups is 1. The van der Waals surface area contributed by atoms with Gasteiger partial charge in [0.15, 0.2) is 11.5 Å². The number of nitrogen functional groups attached to an aromatic ring is 1. The van der Waals surface area contributed by atoms with Gasteiger partial charge in [0, 0.05) is 18.8 Å². The Balaban J connectivity index is 1.91. The van der Waals surface area contributed by atoms with Gasteiger partial charge in [-0.25, -0.2) is 0 Å². The van der Waals surface area contributed by atoms with Gasteiger partial charge in [-0.15, -0.1) is 0 Å². The van der Waals surface area contributed by atoms with E-state index in [9.17, 15) is 15.0 Å². The SMILES string of the molecule is Nc1ccccc1CN1Cc2ccc(O)c(O)c2C1=O. The lowest BCUT2D eigenvalue weighted by atomic mass is 10.1. The normalized spacial score (nSPS) is 13.6. The Morgan fingerprint density at radius 2 is 1.90 bits per heavy atom. The van der Waals surface area contributed by atoms with Gasteiger partial charge in [0.05, 0.1) is 5.56 Å². The van der Waals surface area contributed by atoms with E-state index in [4.69, 9.17) is 5.73 Å². The molecule has 0 aliphatic carbocycles. The first-order valence-electron chi connectivity index (χ1n) is 6.24. The highest BCUT2D eigenvalue weighted by molar-refractivity contribution is 6.01. The van der Waals surface area contributed by atoms with E-state index in [0.717, 1.165) is 5.56 Å². The standard InChI is InChI=1S/C15H14N2O3/c16-11-4-2-1-3-9(11)7-17-8-10-5-6-12(18)14(19)13(10)15(17)20/h1-6,18-19H,7-8,16H2. The second kappa shape index (κ2) is 4.45. The number of hydrogen-bond donors (Lipinski definition) is 3. The van der Waals surface area contributed by atoms with Crippen molar-refractivity contribution in [1.82, 2.24) is 4.90 Å². The van der Waals surface area contributed by atoms with Crippen LogP contribution in [-0.2, 0) is 13.1 Å². The summed E-state index contributed by atoms with van der Waals surface area (Å²) >= 11 is 0. The molecule has 3 rings (SSSR count). The lowest BCUT2D eigenvalue weighted by molar-refractivity contribution is 0.0764. The highest BCUT2D eigenvalue weighted by Crippen LogP contribution is 2.37. The number of phenols is 2. The molecule has 4 N–H and O–H groups in total. The van der Waals surface area contributed by atoms with E-state index in [-0.39, 0.29) is 23.0 Å². The number of aromatic hydroxyl groups is 2. The van der Waals surface area contributed by atoms with Crippen molar-refractivity contribution < 1.29 is 15.0 Å². The Morgan fingerprint density at radius 3 is 2.65 bits per heavy atom. The van der Waals surface area contributed by atoms with Crippen LogP contribution in [0, 0.1) is 0 Å². The van der Waals surface area contributed by atoms with Gasteiger partial charge < -0.3 is 20.8 Å². The minimum Gasteiger partial charge on any atom is -0.504 e. The van der Waals surface area contributed by atoms with Gasteiger partial charge in [-0.1, -0.05) is 24.3 Å². The maximum atomic E-state index is 12.3. The van der Waals surface area contributed by atoms with Crippen molar-refractivity contribution in [2.24, 2.45) is 0 Å². The Morgan fingerprint density at radius 1 is 1.15 bits per heavy atom. The molecule has 2 aromatic carbocycles. The van der Waals surface area contributed by atoms with Gasteiger partial charge in [0.2, 0.25) is 0 Å². The molecule has 0 radical (unpaired) electrons. The highest BCUT2D eigenvalue weighted by atomic mass is 16.3. The van der Waals surface area contributed by atoms with Crippen molar-refractivity contribution in [2.75, 3.05) is 5.73 Å². The molecule has 0 aromatic heterocycles. The molecule has 0 spiro atoms. The molecule has 5 nitrogen and oxygen atoms in total. The van der Waals surface area contributed by atoms with Crippen LogP contribution in [0.5, 0.6) is 11.5 Å². The summed E-state index contributed by atoms with van der Waals surface area (Å²) in [6.07, 6.45) is 0. The van der Waals surface area contributed by atoms with E-state index in [2.05, 4.69) is 0 Å². The monoisotopic (exact) mass is 270 g/mol. The fraction of sp³-hybridized carbons (Fsp3) is 0.133. The molecule has 0 saturated heterocycles. The van der Waals surface area contributed by atoms with Gasteiger partial charge >= 0.3 is 0 Å². The molecule has 0 saturated carbocycles. The molecule has 0 atom stereocenters. The molecule has 1 heterocycles. The number of phenolic OH excluding ortho intramolecular Hbond substituents is 2. The second-order valence-electron chi connectivity index (χ2n) is 4.83. The van der Waals surface area contributed by atoms with E-state index >= 15 is 0 Å². The van der Waals surface area contributed by atoms with Crippen LogP contribution in [-0.4, -0.2) is 21.0 Å². The number of rotatable bonds is 2. The predicted octanol–water partition coefficient (Wildman–Crippen LogP) is 1.84. The maximum Gasteiger partial charge on any atom is 0.258 e. The Hall–Kier alpha value is -2.69. The number of para-hydroxylation sites is 1. The van der Waals surface area contributed by atoms with Crippen LogP contribution in [0.2, 0.25) is 0 Å². The molecule has 20 heavy (non-hydrogen) atoms. The number of anilines is 1. The summed E-state index contributed by atoms with van der Waals surface area (Å²) in [5.41, 5.74) is 8.25. The Bertz CT molecular complexity index is 698. The molecular weight excluding hydrogens is 256 g/mol. The molecule has 5 heteroatoms. The third-order valence-corrected chi connectivity index (χ3v) is 3.52. The summed E-state index contributed by atoms with van der Waals surface area (Å²) in [5.74, 6) is -0.925. The topological polar surface area (TPSA) is 86.8 Å². The minimum absolute atomic E-state index is 0.180. The zero-order valence-corrected chi connectivity index (χ0v) is 10.7. The Kier molecular flexibility index (Phi) is 2.75. The van der Waals surface area contributed by atoms with E-state index < -0.39 is 0 Å². The van der Waals surface area contributed by atoms with Crippen molar-refractivity contribution in [3.8, 4) is 11.5 Å². The van der Waals surface area contributed by atoms with Gasteiger partial charge in [-0.2, -0.15) is 0 Å². The lowest BCUT2D eigenvalue weighted by Crippen LogP contribution is -2.23. The smallest absolute Gasteiger partial charge is 0.258 e. The van der Waals surface area contributed by atoms with Crippen LogP contribution >= 0.6 is 0 Å². The number of nitrogens with two attached hydrogens (primary N) is 1. The molecule has 0 fully saturated rings. The number of nitrogens with zero attached hydrogens (tertiary/aromatic N) is 1. The fourth-order valence-electron chi connectivity index (χ4n) is 2.44. The molecular formula is C15H14N2O3. The van der Waals surface area contributed by atoms with Crippen molar-refractivity contribution in [3.63, 3.8) is 0 Å². The average Bonchev–Trinajstić information content (AvgIpc) is 2.74. The van der Waals surface area contributed by atoms with Crippen molar-refractivity contribution >= 4 is 11.6 Å². The molecule has 1 amide bonds. The summed E-state index contributed by atoms with van der Waals surface area (Å²) in [6.45, 7) is 0.775. The summed E-state index contributed by atoms with van der Waals surface area (Å²) in [6, 6.07) is 10.4. The van der Waals surface area contributed by atoms with Gasteiger partial charge in [-0.3, -0.25) is 4.79 Å². The van der Waals surface area contributed by atoms with Gasteiger partial charge in [0.25, 0.3) is 5.91 Å². The number of fused-ring (bicyclic) bond motifs is 1. The first kappa shape index (κ1) is 12.3. The lowest BCUT2D eigenvalue weighted by Gasteiger charge is -2.16. The summed E-state index contributed by atoms with van der Waals surface area (Å²) in [7, 11) is 0. The molecule has 102 valence electrons. The molecule has 1 aliphatic rings. The third kappa shape index (κ3) is 1.84. The van der Waals surface area contributed by atoms with Crippen LogP contribution < -0.4 is 5.73 Å². The van der Waals surface area contributed by atoms with E-state index in [1.54, 1.807) is 17.0 Å². The largest absolute Gasteiger partial charge is 0.504 e. The van der Waals surface area contributed by atoms with Crippen LogP contribution in [0.25, 0.3) is 0 Å². The predicted molar refractivity (Wildman–Crippen MR) is 74.2 cm³/mol. The van der Waals surface area contributed by atoms with Crippen molar-refractivity contribution in [2.45, 2.75) is 13.1 Å². The molecule has 0 bridgehead atoms. The van der Waals surface area contributed by atoms with Crippen molar-refractivity contribution in [3.05, 3.63) is 53.1 Å². The summed E-state index contributed by atoms with van der Waals surface area (Å²) in [4.78, 5) is 13.9. The quantitative estimate of drug-likeness (QED) is 0.574. The second-order valence-corrected chi connectivity index (χ2v) is 4.83. The van der Waals surface area contributed by atoms with Crippen LogP contribution in [0.3, 0.4) is 0 Å². The maximum absolute atomic E-state index is 12.3. The van der Waals surface area contributed by atoms with Crippen LogP contribution in [0.1, 0.15) is 21.5 Å². The molecule has 0 unspecified atom stereocenters. The van der Waals surface area contributed by atoms with Gasteiger partial charge in [-0.05, 0) is 23.3 Å². The van der Waals surface area contributed by atoms with Crippen LogP contribution in [0.15, 0.2) is 36.4 Å². The average molecular weight is 270 g/mol. The van der Waals surface area contributed by atoms with Crippen LogP contribution in [0.4, 0.5) is 5.69 Å². The zero-order valence-electron chi connectivity index (χ0n) is 10.7. The first-order valence-corrected chi connectivity index (χ1v) is 6.24. The molecule has 1 aliphatic heterocycles. The third-order valence-electron chi connectivity index (χ3n) is 3.52. The highest BCUT2D eigenvalue weighted by Gasteiger charge is 2.31. The molecule has 2 aromatic rings. The van der Waals surface area contributed by atoms with Crippen molar-refractivity contribution in [1.29, 1.82) is 0 Å². The summed E-state index contributed by atoms with van der Waals surface area (Å²) < 4.78 is 0. The first-order chi connectivity index (χ1) is 9.58. The fourth-order valence-corrected chi connectivity index (χ4v) is 2.44. The Labute approximate surface area is 115 Å². The van der Waals surface area contributed by atoms with E-state index in [1.807, 2.05) is 18.2 Å². The number of carbonyl (C=O) groups excluding carboxylic acids is 1.